The summed E-state index contributed by atoms with van der Waals surface area (Å²) < 4.78 is 147. The van der Waals surface area contributed by atoms with Gasteiger partial charge in [-0.15, -0.1) is 0 Å². The van der Waals surface area contributed by atoms with Crippen LogP contribution in [0.2, 0.25) is 0 Å². The van der Waals surface area contributed by atoms with Crippen LogP contribution in [0.1, 0.15) is 116 Å². The number of ether oxygens (including phenoxy) is 21. The lowest BCUT2D eigenvalue weighted by Crippen LogP contribution is -2.65. The smallest absolute Gasteiger partial charge is 0.303 e. The maximum atomic E-state index is 13.3. The van der Waals surface area contributed by atoms with Crippen LogP contribution in [0.5, 0.6) is 0 Å². The zero-order valence-corrected chi connectivity index (χ0v) is 63.8. The molecule has 22 nitrogen and oxygen atoms in total. The van der Waals surface area contributed by atoms with Crippen LogP contribution in [0.4, 0.5) is 0 Å². The first-order chi connectivity index (χ1) is 52.3. The van der Waals surface area contributed by atoms with E-state index in [2.05, 4.69) is 20.8 Å². The van der Waals surface area contributed by atoms with E-state index >= 15 is 0 Å². The van der Waals surface area contributed by atoms with Crippen LogP contribution < -0.4 is 0 Å². The van der Waals surface area contributed by atoms with E-state index in [4.69, 9.17) is 99.5 Å². The number of hydrogen-bond donors (Lipinski definition) is 0. The molecule has 8 aliphatic rings. The molecule has 10 unspecified atom stereocenters. The Bertz CT molecular complexity index is 3720. The first kappa shape index (κ1) is 78.7. The van der Waals surface area contributed by atoms with Crippen molar-refractivity contribution in [3.63, 3.8) is 0 Å². The van der Waals surface area contributed by atoms with Crippen LogP contribution in [0.3, 0.4) is 0 Å². The molecule has 0 spiro atoms. The molecule has 108 heavy (non-hydrogen) atoms. The number of benzene rings is 6. The molecule has 0 N–H and O–H groups in total. The third kappa shape index (κ3) is 18.5. The molecule has 0 aromatic heterocycles. The Hall–Kier alpha value is -6.01. The van der Waals surface area contributed by atoms with Crippen molar-refractivity contribution in [2.45, 2.75) is 262 Å². The molecule has 8 aliphatic heterocycles. The highest BCUT2D eigenvalue weighted by molar-refractivity contribution is 5.66. The lowest BCUT2D eigenvalue weighted by molar-refractivity contribution is -0.387. The molecule has 22 heteroatoms. The van der Waals surface area contributed by atoms with E-state index in [-0.39, 0.29) is 70.3 Å². The fourth-order valence-electron chi connectivity index (χ4n) is 16.2. The Morgan fingerprint density at radius 2 is 0.861 bits per heavy atom. The van der Waals surface area contributed by atoms with Crippen molar-refractivity contribution in [1.82, 2.24) is 0 Å². The average molecular weight is 1490 g/mol. The molecule has 0 amide bonds. The van der Waals surface area contributed by atoms with Gasteiger partial charge >= 0.3 is 5.97 Å². The summed E-state index contributed by atoms with van der Waals surface area (Å²) in [5.74, 6) is -2.98. The number of carbonyl (C=O) groups is 1. The second kappa shape index (κ2) is 35.8. The molecule has 0 radical (unpaired) electrons. The highest BCUT2D eigenvalue weighted by Crippen LogP contribution is 2.49. The minimum Gasteiger partial charge on any atom is -0.457 e. The monoisotopic (exact) mass is 1490 g/mol. The zero-order chi connectivity index (χ0) is 75.1. The van der Waals surface area contributed by atoms with Gasteiger partial charge in [-0.05, 0) is 69.4 Å². The van der Waals surface area contributed by atoms with Crippen LogP contribution in [0.25, 0.3) is 0 Å². The highest BCUT2D eigenvalue weighted by Gasteiger charge is 2.63. The molecule has 8 saturated heterocycles. The molecular formula is C86H108O22. The van der Waals surface area contributed by atoms with Crippen molar-refractivity contribution in [2.24, 2.45) is 23.7 Å². The fourth-order valence-corrected chi connectivity index (χ4v) is 16.2. The summed E-state index contributed by atoms with van der Waals surface area (Å²) in [6.45, 7) is 23.0. The lowest BCUT2D eigenvalue weighted by Gasteiger charge is -2.52. The Morgan fingerprint density at radius 3 is 1.46 bits per heavy atom. The van der Waals surface area contributed by atoms with Crippen LogP contribution in [0.15, 0.2) is 182 Å². The largest absolute Gasteiger partial charge is 0.457 e. The molecule has 0 bridgehead atoms. The van der Waals surface area contributed by atoms with Crippen molar-refractivity contribution in [3.05, 3.63) is 215 Å². The molecule has 14 rings (SSSR count). The van der Waals surface area contributed by atoms with Gasteiger partial charge < -0.3 is 99.5 Å². The first-order valence-electron chi connectivity index (χ1n) is 38.6. The van der Waals surface area contributed by atoms with Gasteiger partial charge in [-0.25, -0.2) is 0 Å². The quantitative estimate of drug-likeness (QED) is 0.0400. The molecule has 8 heterocycles. The third-order valence-corrected chi connectivity index (χ3v) is 22.2. The van der Waals surface area contributed by atoms with Gasteiger partial charge in [-0.2, -0.15) is 0 Å². The standard InChI is InChI=1S/C86H108O22/c1-51-42-93-82(76(92-47-64-38-26-16-27-39-64)67(51)100-84-78-86(50-94-84,49-89-44-61-32-20-13-21-33-61)108-81(105-78)65-40-28-17-29-41-65)103-71-58(8)97-79(102-73-57(7)95-56(6)72(98-59(9)87)75(73)104-83-77-70(52(2)55(5)96-83)106-85(10,11)107-77)54(4)69(71)101-80-53(3)68(90-45-62-34-22-14-23-35-62)74(91-46-63-36-24-15-25-37-63)66(99-80)48-88-43-60-30-18-12-19-31-60/h12-41,51-58,66-84H,42-50H2,1-11H3/t51-,52+,53-,54+,55?,56?,57-,58?,66?,67?,68?,69?,70+,71+,72+,73+,74-,75?,76-,77?,78-,79+,80+,81+,82+,83+,84+,86?/m1/s1. The third-order valence-electron chi connectivity index (χ3n) is 22.2. The van der Waals surface area contributed by atoms with Gasteiger partial charge in [-0.3, -0.25) is 4.79 Å². The highest BCUT2D eigenvalue weighted by atomic mass is 16.8. The van der Waals surface area contributed by atoms with Crippen LogP contribution in [-0.2, 0) is 137 Å². The number of fused-ring (bicyclic) bond motifs is 2. The zero-order valence-electron chi connectivity index (χ0n) is 63.8. The van der Waals surface area contributed by atoms with Gasteiger partial charge in [0.1, 0.15) is 54.4 Å². The second-order valence-corrected chi connectivity index (χ2v) is 30.8. The summed E-state index contributed by atoms with van der Waals surface area (Å²) in [6, 6.07) is 60.0. The Morgan fingerprint density at radius 1 is 0.398 bits per heavy atom. The predicted molar refractivity (Wildman–Crippen MR) is 392 cm³/mol. The van der Waals surface area contributed by atoms with Gasteiger partial charge in [0.25, 0.3) is 0 Å². The summed E-state index contributed by atoms with van der Waals surface area (Å²) in [6.07, 6.45) is -18.4. The summed E-state index contributed by atoms with van der Waals surface area (Å²) in [7, 11) is 0. The van der Waals surface area contributed by atoms with Gasteiger partial charge in [-0.1, -0.05) is 210 Å². The van der Waals surface area contributed by atoms with Gasteiger partial charge in [0, 0.05) is 36.2 Å². The molecule has 0 saturated carbocycles. The van der Waals surface area contributed by atoms with Gasteiger partial charge in [0.05, 0.1) is 108 Å². The SMILES string of the molecule is CC(=O)O[C@H]1C(C)O[C@H](C)[C@H](O[C@@H]2OC(C)[C@H](O[C@@H]3OC[C@@H](C)C(O[C@@H]4OCC5(COCc6ccccc6)O[C@@H](c6ccccc6)O[C@H]45)[C@H]3OCc3ccccc3)C(O[C@@H]3OC(COCc4ccccc4)[C@@H](OCc4ccccc4)C(OCc4ccccc4)[C@H]3C)[C@@H]2C)C1O[C@@H]1OC(C)[C@H](C)[C@@H]2OC(C)(C)OC12. The Labute approximate surface area is 634 Å². The fraction of sp³-hybridized carbons (Fsp3) is 0.570. The van der Waals surface area contributed by atoms with Crippen molar-refractivity contribution < 1.29 is 104 Å². The molecule has 8 fully saturated rings. The van der Waals surface area contributed by atoms with E-state index in [0.717, 1.165) is 33.4 Å². The number of esters is 1. The maximum Gasteiger partial charge on any atom is 0.303 e. The first-order valence-corrected chi connectivity index (χ1v) is 38.6. The van der Waals surface area contributed by atoms with Crippen LogP contribution >= 0.6 is 0 Å². The van der Waals surface area contributed by atoms with E-state index in [0.29, 0.717) is 13.2 Å². The second-order valence-electron chi connectivity index (χ2n) is 30.8. The van der Waals surface area contributed by atoms with E-state index in [1.165, 1.54) is 6.92 Å². The van der Waals surface area contributed by atoms with Gasteiger partial charge in [0.15, 0.2) is 49.6 Å². The number of carbonyl (C=O) groups excluding carboxylic acids is 1. The minimum atomic E-state index is -1.12. The van der Waals surface area contributed by atoms with Crippen molar-refractivity contribution in [1.29, 1.82) is 0 Å². The van der Waals surface area contributed by atoms with E-state index < -0.39 is 158 Å². The number of hydrogen-bond acceptors (Lipinski definition) is 22. The average Bonchev–Trinajstić information content (AvgIpc) is 1.57. The van der Waals surface area contributed by atoms with Crippen LogP contribution in [0, 0.1) is 23.7 Å². The van der Waals surface area contributed by atoms with Crippen molar-refractivity contribution in [2.75, 3.05) is 26.4 Å². The molecule has 28 atom stereocenters. The summed E-state index contributed by atoms with van der Waals surface area (Å²) in [4.78, 5) is 13.3. The minimum absolute atomic E-state index is 0.0361. The molecule has 6 aromatic rings. The predicted octanol–water partition coefficient (Wildman–Crippen LogP) is 12.7. The topological polar surface area (TPSA) is 211 Å². The molecule has 6 aromatic carbocycles. The van der Waals surface area contributed by atoms with Crippen molar-refractivity contribution >= 4 is 5.97 Å². The summed E-state index contributed by atoms with van der Waals surface area (Å²) in [5.41, 5.74) is 4.71. The Balaban J connectivity index is 0.806. The Kier molecular flexibility index (Phi) is 26.1. The van der Waals surface area contributed by atoms with Crippen molar-refractivity contribution in [3.8, 4) is 0 Å². The maximum absolute atomic E-state index is 13.3. The summed E-state index contributed by atoms with van der Waals surface area (Å²) >= 11 is 0. The van der Waals surface area contributed by atoms with Gasteiger partial charge in [0.2, 0.25) is 0 Å². The van der Waals surface area contributed by atoms with E-state index in [9.17, 15) is 4.79 Å². The lowest BCUT2D eigenvalue weighted by atomic mass is 9.89. The molecule has 584 valence electrons. The summed E-state index contributed by atoms with van der Waals surface area (Å²) in [5, 5.41) is 0. The molecule has 0 aliphatic carbocycles. The number of rotatable bonds is 29. The van der Waals surface area contributed by atoms with E-state index in [1.54, 1.807) is 0 Å². The van der Waals surface area contributed by atoms with Crippen LogP contribution in [-0.4, -0.2) is 179 Å². The molecular weight excluding hydrogens is 1380 g/mol. The normalized spacial score (nSPS) is 38.0. The van der Waals surface area contributed by atoms with E-state index in [1.807, 2.05) is 230 Å².